The molecule has 0 aliphatic carbocycles. The molecule has 0 aliphatic rings. The Morgan fingerprint density at radius 2 is 1.67 bits per heavy atom. The van der Waals surface area contributed by atoms with Gasteiger partial charge in [0.15, 0.2) is 0 Å². The molecule has 0 saturated carbocycles. The summed E-state index contributed by atoms with van der Waals surface area (Å²) in [5.41, 5.74) is 0. The van der Waals surface area contributed by atoms with E-state index in [4.69, 9.17) is 23.2 Å². The Hall–Kier alpha value is 0.580. The first-order valence-corrected chi connectivity index (χ1v) is 2.51. The second-order valence-electron chi connectivity index (χ2n) is 1.67. The highest BCUT2D eigenvalue weighted by Gasteiger charge is 2.09. The van der Waals surface area contributed by atoms with Crippen LogP contribution in [-0.4, -0.2) is 4.87 Å². The molecule has 0 aromatic carbocycles. The lowest BCUT2D eigenvalue weighted by Crippen LogP contribution is -2.05. The Kier molecular flexibility index (Phi) is 2.23. The van der Waals surface area contributed by atoms with E-state index in [1.807, 2.05) is 13.8 Å². The topological polar surface area (TPSA) is 0 Å². The van der Waals surface area contributed by atoms with E-state index >= 15 is 0 Å². The van der Waals surface area contributed by atoms with Gasteiger partial charge < -0.3 is 0 Å². The third-order valence-electron chi connectivity index (χ3n) is 0.259. The number of rotatable bonds is 1. The van der Waals surface area contributed by atoms with Crippen molar-refractivity contribution in [3.05, 3.63) is 5.88 Å². The molecule has 0 spiro atoms. The molecule has 0 N–H and O–H groups in total. The Morgan fingerprint density at radius 3 is 1.67 bits per heavy atom. The van der Waals surface area contributed by atoms with E-state index in [9.17, 15) is 0 Å². The highest BCUT2D eigenvalue weighted by atomic mass is 35.5. The van der Waals surface area contributed by atoms with Crippen LogP contribution in [0.5, 0.6) is 0 Å². The first-order chi connectivity index (χ1) is 2.56. The minimum absolute atomic E-state index is 0.346. The standard InChI is InChI=1S/C4H7Cl2/c1-4(2,6)3-5/h3H,1-2H3. The van der Waals surface area contributed by atoms with Gasteiger partial charge in [-0.05, 0) is 13.8 Å². The Morgan fingerprint density at radius 1 is 1.50 bits per heavy atom. The predicted molar refractivity (Wildman–Crippen MR) is 30.1 cm³/mol. The van der Waals surface area contributed by atoms with Crippen molar-refractivity contribution in [2.24, 2.45) is 0 Å². The van der Waals surface area contributed by atoms with Gasteiger partial charge in [-0.1, -0.05) is 0 Å². The number of hydrogen-bond donors (Lipinski definition) is 0. The van der Waals surface area contributed by atoms with Crippen LogP contribution >= 0.6 is 23.2 Å². The van der Waals surface area contributed by atoms with Crippen molar-refractivity contribution >= 4 is 23.2 Å². The lowest BCUT2D eigenvalue weighted by Gasteiger charge is -2.06. The molecule has 0 bridgehead atoms. The lowest BCUT2D eigenvalue weighted by molar-refractivity contribution is 0.859. The van der Waals surface area contributed by atoms with Crippen LogP contribution in [-0.2, 0) is 0 Å². The van der Waals surface area contributed by atoms with Gasteiger partial charge in [0.2, 0.25) is 0 Å². The molecule has 0 nitrogen and oxygen atoms in total. The van der Waals surface area contributed by atoms with Crippen LogP contribution < -0.4 is 0 Å². The zero-order valence-electron chi connectivity index (χ0n) is 3.83. The summed E-state index contributed by atoms with van der Waals surface area (Å²) in [4.78, 5) is -0.346. The van der Waals surface area contributed by atoms with Crippen LogP contribution in [0.1, 0.15) is 13.8 Å². The molecule has 0 fully saturated rings. The molecule has 0 aliphatic heterocycles. The summed E-state index contributed by atoms with van der Waals surface area (Å²) in [7, 11) is 0. The van der Waals surface area contributed by atoms with E-state index in [1.54, 1.807) is 0 Å². The normalized spacial score (nSPS) is 12.0. The summed E-state index contributed by atoms with van der Waals surface area (Å²) in [6, 6.07) is 0. The largest absolute Gasteiger partial charge is 0.119 e. The van der Waals surface area contributed by atoms with Gasteiger partial charge in [0, 0.05) is 0 Å². The molecular formula is C4H7Cl2. The van der Waals surface area contributed by atoms with E-state index in [-0.39, 0.29) is 4.87 Å². The molecule has 0 saturated heterocycles. The van der Waals surface area contributed by atoms with Crippen molar-refractivity contribution in [2.45, 2.75) is 18.7 Å². The first-order valence-electron chi connectivity index (χ1n) is 1.70. The zero-order valence-corrected chi connectivity index (χ0v) is 5.35. The minimum Gasteiger partial charge on any atom is -0.119 e. The molecule has 0 aromatic heterocycles. The lowest BCUT2D eigenvalue weighted by atomic mass is 10.3. The summed E-state index contributed by atoms with van der Waals surface area (Å²) >= 11 is 10.8. The molecule has 0 atom stereocenters. The maximum atomic E-state index is 5.53. The van der Waals surface area contributed by atoms with E-state index < -0.39 is 0 Å². The Bertz CT molecular complexity index is 35.3. The van der Waals surface area contributed by atoms with Crippen LogP contribution in [0, 0.1) is 5.88 Å². The van der Waals surface area contributed by atoms with Crippen molar-refractivity contribution in [1.29, 1.82) is 0 Å². The second kappa shape index (κ2) is 2.04. The molecule has 37 valence electrons. The highest BCUT2D eigenvalue weighted by molar-refractivity contribution is 6.33. The fourth-order valence-corrected chi connectivity index (χ4v) is 0. The van der Waals surface area contributed by atoms with Crippen LogP contribution in [0.3, 0.4) is 0 Å². The maximum Gasteiger partial charge on any atom is 0.0702 e. The van der Waals surface area contributed by atoms with E-state index in [0.717, 1.165) is 0 Å². The maximum absolute atomic E-state index is 5.53. The van der Waals surface area contributed by atoms with Crippen LogP contribution in [0.15, 0.2) is 0 Å². The molecule has 2 heteroatoms. The Balaban J connectivity index is 3.17. The SMILES string of the molecule is CC(C)(Cl)[CH]Cl. The number of halogens is 2. The molecule has 6 heavy (non-hydrogen) atoms. The monoisotopic (exact) mass is 125 g/mol. The molecule has 0 rings (SSSR count). The van der Waals surface area contributed by atoms with Crippen molar-refractivity contribution in [3.8, 4) is 0 Å². The third kappa shape index (κ3) is 4.58. The summed E-state index contributed by atoms with van der Waals surface area (Å²) in [6.07, 6.45) is 0. The van der Waals surface area contributed by atoms with Crippen molar-refractivity contribution in [3.63, 3.8) is 0 Å². The highest BCUT2D eigenvalue weighted by Crippen LogP contribution is 2.17. The summed E-state index contributed by atoms with van der Waals surface area (Å²) in [5.74, 6) is 1.43. The van der Waals surface area contributed by atoms with Crippen LogP contribution in [0.25, 0.3) is 0 Å². The fourth-order valence-electron chi connectivity index (χ4n) is 0. The fraction of sp³-hybridized carbons (Fsp3) is 0.750. The van der Waals surface area contributed by atoms with Gasteiger partial charge in [-0.2, -0.15) is 0 Å². The summed E-state index contributed by atoms with van der Waals surface area (Å²) < 4.78 is 0. The summed E-state index contributed by atoms with van der Waals surface area (Å²) in [6.45, 7) is 3.64. The summed E-state index contributed by atoms with van der Waals surface area (Å²) in [5, 5.41) is 0. The molecular weight excluding hydrogens is 119 g/mol. The second-order valence-corrected chi connectivity index (χ2v) is 2.87. The first kappa shape index (κ1) is 6.58. The predicted octanol–water partition coefficient (Wildman–Crippen LogP) is 2.40. The van der Waals surface area contributed by atoms with E-state index in [1.165, 1.54) is 5.88 Å². The van der Waals surface area contributed by atoms with Gasteiger partial charge in [0.05, 0.1) is 10.8 Å². The van der Waals surface area contributed by atoms with Gasteiger partial charge in [0.25, 0.3) is 0 Å². The van der Waals surface area contributed by atoms with Crippen LogP contribution in [0.4, 0.5) is 0 Å². The molecule has 0 amide bonds. The van der Waals surface area contributed by atoms with Gasteiger partial charge in [-0.15, -0.1) is 23.2 Å². The molecule has 0 unspecified atom stereocenters. The Labute approximate surface area is 48.4 Å². The quantitative estimate of drug-likeness (QED) is 0.473. The van der Waals surface area contributed by atoms with Gasteiger partial charge >= 0.3 is 0 Å². The van der Waals surface area contributed by atoms with E-state index in [0.29, 0.717) is 0 Å². The van der Waals surface area contributed by atoms with Gasteiger partial charge in [-0.25, -0.2) is 0 Å². The molecule has 0 aromatic rings. The van der Waals surface area contributed by atoms with Crippen molar-refractivity contribution < 1.29 is 0 Å². The minimum atomic E-state index is -0.346. The van der Waals surface area contributed by atoms with Crippen molar-refractivity contribution in [1.82, 2.24) is 0 Å². The zero-order chi connectivity index (χ0) is 5.21. The molecule has 1 radical (unpaired) electrons. The average molecular weight is 126 g/mol. The van der Waals surface area contributed by atoms with E-state index in [2.05, 4.69) is 0 Å². The number of alkyl halides is 1. The van der Waals surface area contributed by atoms with Gasteiger partial charge in [0.1, 0.15) is 0 Å². The third-order valence-corrected chi connectivity index (χ3v) is 1.03. The smallest absolute Gasteiger partial charge is 0.0702 e. The van der Waals surface area contributed by atoms with Gasteiger partial charge in [-0.3, -0.25) is 0 Å². The molecule has 0 heterocycles. The van der Waals surface area contributed by atoms with Crippen molar-refractivity contribution in [2.75, 3.05) is 0 Å². The van der Waals surface area contributed by atoms with Crippen LogP contribution in [0.2, 0.25) is 0 Å². The number of hydrogen-bond acceptors (Lipinski definition) is 0. The average Bonchev–Trinajstić information content (AvgIpc) is 1.35.